The summed E-state index contributed by atoms with van der Waals surface area (Å²) in [7, 11) is 4.50. The van der Waals surface area contributed by atoms with Crippen LogP contribution >= 0.6 is 0 Å². The van der Waals surface area contributed by atoms with Gasteiger partial charge in [0.05, 0.1) is 13.0 Å². The van der Waals surface area contributed by atoms with Crippen LogP contribution in [0.2, 0.25) is 0 Å². The summed E-state index contributed by atoms with van der Waals surface area (Å²) in [4.78, 5) is 17.0. The van der Waals surface area contributed by atoms with Gasteiger partial charge in [0.1, 0.15) is 0 Å². The SMILES string of the molecule is CN(Cc1cccn1C)C(=O)CC(O)(c1nccn1C)C(F)(F)F. The smallest absolute Gasteiger partial charge is 0.374 e. The van der Waals surface area contributed by atoms with Crippen LogP contribution in [0.3, 0.4) is 0 Å². The second-order valence-corrected chi connectivity index (χ2v) is 5.76. The molecule has 9 heteroatoms. The summed E-state index contributed by atoms with van der Waals surface area (Å²) < 4.78 is 43.1. The van der Waals surface area contributed by atoms with Gasteiger partial charge in [0.2, 0.25) is 11.5 Å². The number of halogens is 3. The molecule has 0 saturated carbocycles. The number of carbonyl (C=O) groups is 1. The van der Waals surface area contributed by atoms with Gasteiger partial charge in [-0.1, -0.05) is 0 Å². The normalized spacial score (nSPS) is 14.5. The molecule has 2 rings (SSSR count). The highest BCUT2D eigenvalue weighted by Crippen LogP contribution is 2.41. The number of hydrogen-bond donors (Lipinski definition) is 1. The molecule has 1 unspecified atom stereocenters. The fourth-order valence-corrected chi connectivity index (χ4v) is 2.42. The Balaban J connectivity index is 2.22. The van der Waals surface area contributed by atoms with Gasteiger partial charge in [0.15, 0.2) is 5.82 Å². The van der Waals surface area contributed by atoms with Crippen molar-refractivity contribution in [3.8, 4) is 0 Å². The van der Waals surface area contributed by atoms with E-state index in [9.17, 15) is 23.1 Å². The van der Waals surface area contributed by atoms with Gasteiger partial charge in [0, 0.05) is 45.4 Å². The van der Waals surface area contributed by atoms with Crippen molar-refractivity contribution in [3.05, 3.63) is 42.2 Å². The van der Waals surface area contributed by atoms with Gasteiger partial charge < -0.3 is 19.1 Å². The van der Waals surface area contributed by atoms with Crippen LogP contribution in [0.4, 0.5) is 13.2 Å². The van der Waals surface area contributed by atoms with Crippen LogP contribution in [0.5, 0.6) is 0 Å². The first-order valence-corrected chi connectivity index (χ1v) is 7.17. The highest BCUT2D eigenvalue weighted by molar-refractivity contribution is 5.77. The zero-order chi connectivity index (χ0) is 18.1. The molecular formula is C15H19F3N4O2. The highest BCUT2D eigenvalue weighted by atomic mass is 19.4. The molecule has 2 aromatic rings. The number of aryl methyl sites for hydroxylation is 2. The molecule has 132 valence electrons. The molecule has 6 nitrogen and oxygen atoms in total. The molecule has 0 bridgehead atoms. The van der Waals surface area contributed by atoms with E-state index < -0.39 is 29.9 Å². The van der Waals surface area contributed by atoms with Gasteiger partial charge in [0.25, 0.3) is 0 Å². The average Bonchev–Trinajstić information content (AvgIpc) is 3.07. The van der Waals surface area contributed by atoms with Gasteiger partial charge in [-0.05, 0) is 12.1 Å². The third kappa shape index (κ3) is 3.30. The predicted octanol–water partition coefficient (Wildman–Crippen LogP) is 1.56. The first-order valence-electron chi connectivity index (χ1n) is 7.17. The number of alkyl halides is 3. The maximum absolute atomic E-state index is 13.4. The van der Waals surface area contributed by atoms with Gasteiger partial charge in [-0.2, -0.15) is 13.2 Å². The third-order valence-electron chi connectivity index (χ3n) is 3.94. The van der Waals surface area contributed by atoms with Gasteiger partial charge in [-0.25, -0.2) is 4.98 Å². The van der Waals surface area contributed by atoms with Gasteiger partial charge >= 0.3 is 6.18 Å². The van der Waals surface area contributed by atoms with E-state index in [1.54, 1.807) is 29.9 Å². The topological polar surface area (TPSA) is 63.3 Å². The molecule has 2 aromatic heterocycles. The van der Waals surface area contributed by atoms with E-state index >= 15 is 0 Å². The molecule has 1 amide bonds. The number of amides is 1. The van der Waals surface area contributed by atoms with E-state index in [2.05, 4.69) is 4.98 Å². The van der Waals surface area contributed by atoms with Crippen LogP contribution in [-0.4, -0.2) is 43.3 Å². The summed E-state index contributed by atoms with van der Waals surface area (Å²) in [5, 5.41) is 10.2. The molecule has 0 aliphatic carbocycles. The molecule has 1 atom stereocenters. The summed E-state index contributed by atoms with van der Waals surface area (Å²) in [5.74, 6) is -1.45. The molecule has 0 saturated heterocycles. The number of carbonyl (C=O) groups excluding carboxylic acids is 1. The van der Waals surface area contributed by atoms with Crippen molar-refractivity contribution in [2.45, 2.75) is 24.7 Å². The lowest BCUT2D eigenvalue weighted by atomic mass is 9.96. The summed E-state index contributed by atoms with van der Waals surface area (Å²) in [6.07, 6.45) is -1.97. The Morgan fingerprint density at radius 3 is 2.42 bits per heavy atom. The Labute approximate surface area is 137 Å². The fourth-order valence-electron chi connectivity index (χ4n) is 2.42. The zero-order valence-electron chi connectivity index (χ0n) is 13.6. The van der Waals surface area contributed by atoms with Crippen molar-refractivity contribution in [1.82, 2.24) is 19.0 Å². The maximum atomic E-state index is 13.4. The molecule has 0 aliphatic rings. The van der Waals surface area contributed by atoms with Crippen molar-refractivity contribution in [1.29, 1.82) is 0 Å². The molecule has 2 heterocycles. The van der Waals surface area contributed by atoms with Crippen molar-refractivity contribution in [2.75, 3.05) is 7.05 Å². The number of imidazole rings is 1. The second kappa shape index (κ2) is 6.31. The molecule has 0 fully saturated rings. The molecule has 1 N–H and O–H groups in total. The van der Waals surface area contributed by atoms with E-state index in [1.807, 2.05) is 0 Å². The van der Waals surface area contributed by atoms with E-state index in [1.165, 1.54) is 20.3 Å². The van der Waals surface area contributed by atoms with E-state index in [4.69, 9.17) is 0 Å². The standard InChI is InChI=1S/C15H19F3N4O2/c1-20-7-4-5-11(20)10-22(3)12(23)9-14(24,15(16,17)18)13-19-6-8-21(13)2/h4-8,24H,9-10H2,1-3H3. The van der Waals surface area contributed by atoms with Crippen molar-refractivity contribution < 1.29 is 23.1 Å². The average molecular weight is 344 g/mol. The third-order valence-corrected chi connectivity index (χ3v) is 3.94. The number of nitrogens with zero attached hydrogens (tertiary/aromatic N) is 4. The Morgan fingerprint density at radius 1 is 1.29 bits per heavy atom. The lowest BCUT2D eigenvalue weighted by Gasteiger charge is -2.31. The lowest BCUT2D eigenvalue weighted by Crippen LogP contribution is -2.48. The fraction of sp³-hybridized carbons (Fsp3) is 0.467. The highest BCUT2D eigenvalue weighted by Gasteiger charge is 2.58. The van der Waals surface area contributed by atoms with Crippen LogP contribution in [0.25, 0.3) is 0 Å². The van der Waals surface area contributed by atoms with Crippen LogP contribution in [0.15, 0.2) is 30.7 Å². The largest absolute Gasteiger partial charge is 0.425 e. The first kappa shape index (κ1) is 18.1. The Hall–Kier alpha value is -2.29. The minimum absolute atomic E-state index is 0.136. The van der Waals surface area contributed by atoms with Crippen LogP contribution < -0.4 is 0 Å². The first-order chi connectivity index (χ1) is 11.1. The molecule has 24 heavy (non-hydrogen) atoms. The zero-order valence-corrected chi connectivity index (χ0v) is 13.6. The molecule has 0 radical (unpaired) electrons. The minimum atomic E-state index is -5.03. The number of aromatic nitrogens is 3. The summed E-state index contributed by atoms with van der Waals surface area (Å²) in [6.45, 7) is 0.136. The van der Waals surface area contributed by atoms with E-state index in [0.717, 1.165) is 21.4 Å². The van der Waals surface area contributed by atoms with E-state index in [0.29, 0.717) is 0 Å². The van der Waals surface area contributed by atoms with Gasteiger partial charge in [-0.3, -0.25) is 4.79 Å². The van der Waals surface area contributed by atoms with E-state index in [-0.39, 0.29) is 6.54 Å². The molecular weight excluding hydrogens is 325 g/mol. The predicted molar refractivity (Wildman–Crippen MR) is 79.7 cm³/mol. The summed E-state index contributed by atoms with van der Waals surface area (Å²) in [5.41, 5.74) is -2.58. The molecule has 0 aliphatic heterocycles. The van der Waals surface area contributed by atoms with Crippen molar-refractivity contribution in [2.24, 2.45) is 14.1 Å². The Kier molecular flexibility index (Phi) is 4.75. The second-order valence-electron chi connectivity index (χ2n) is 5.76. The quantitative estimate of drug-likeness (QED) is 0.895. The Morgan fingerprint density at radius 2 is 1.96 bits per heavy atom. The number of aliphatic hydroxyl groups is 1. The molecule has 0 spiro atoms. The Bertz CT molecular complexity index is 722. The summed E-state index contributed by atoms with van der Waals surface area (Å²) >= 11 is 0. The lowest BCUT2D eigenvalue weighted by molar-refractivity contribution is -0.271. The van der Waals surface area contributed by atoms with Crippen LogP contribution in [0.1, 0.15) is 17.9 Å². The van der Waals surface area contributed by atoms with Crippen LogP contribution in [0, 0.1) is 0 Å². The maximum Gasteiger partial charge on any atom is 0.425 e. The van der Waals surface area contributed by atoms with Crippen molar-refractivity contribution >= 4 is 5.91 Å². The number of hydrogen-bond acceptors (Lipinski definition) is 3. The monoisotopic (exact) mass is 344 g/mol. The van der Waals surface area contributed by atoms with Crippen LogP contribution in [-0.2, 0) is 31.0 Å². The molecule has 0 aromatic carbocycles. The van der Waals surface area contributed by atoms with Gasteiger partial charge in [-0.15, -0.1) is 0 Å². The minimum Gasteiger partial charge on any atom is -0.374 e. The summed E-state index contributed by atoms with van der Waals surface area (Å²) in [6, 6.07) is 3.53. The van der Waals surface area contributed by atoms with Crippen molar-refractivity contribution in [3.63, 3.8) is 0 Å². The number of rotatable bonds is 5.